The number of hydrogen-bond acceptors (Lipinski definition) is 6. The Morgan fingerprint density at radius 3 is 2.63 bits per heavy atom. The summed E-state index contributed by atoms with van der Waals surface area (Å²) in [6.45, 7) is 0. The molecule has 2 aromatic heterocycles. The molecular formula is C18H16BrFN4O2S. The summed E-state index contributed by atoms with van der Waals surface area (Å²) in [5, 5.41) is 21.8. The number of thiophene rings is 1. The molecular weight excluding hydrogens is 435 g/mol. The lowest BCUT2D eigenvalue weighted by Crippen LogP contribution is -2.51. The second-order valence-corrected chi connectivity index (χ2v) is 8.78. The lowest BCUT2D eigenvalue weighted by Gasteiger charge is -2.47. The van der Waals surface area contributed by atoms with Crippen molar-refractivity contribution in [1.82, 2.24) is 9.97 Å². The molecule has 3 fully saturated rings. The molecule has 0 aromatic carbocycles. The number of fused-ring (bicyclic) bond motifs is 3. The van der Waals surface area contributed by atoms with Crippen molar-refractivity contribution in [2.45, 2.75) is 31.7 Å². The number of carboxylic acid groups (broad SMARTS) is 1. The topological polar surface area (TPSA) is 98.9 Å². The van der Waals surface area contributed by atoms with Crippen LogP contribution >= 0.6 is 27.3 Å². The van der Waals surface area contributed by atoms with Crippen LogP contribution in [-0.2, 0) is 4.79 Å². The molecule has 0 spiro atoms. The molecule has 6 nitrogen and oxygen atoms in total. The first-order chi connectivity index (χ1) is 13.0. The maximum Gasteiger partial charge on any atom is 0.308 e. The predicted octanol–water partition coefficient (Wildman–Crippen LogP) is 4.28. The summed E-state index contributed by atoms with van der Waals surface area (Å²) >= 11 is 4.36. The van der Waals surface area contributed by atoms with E-state index in [-0.39, 0.29) is 34.1 Å². The summed E-state index contributed by atoms with van der Waals surface area (Å²) in [6.07, 6.45) is 3.72. The summed E-state index contributed by atoms with van der Waals surface area (Å²) in [5.74, 6) is -1.70. The van der Waals surface area contributed by atoms with Crippen LogP contribution in [0.15, 0.2) is 16.9 Å². The normalized spacial score (nSPS) is 26.6. The third kappa shape index (κ3) is 3.32. The minimum atomic E-state index is -0.840. The SMILES string of the molecule is N#Cc1ccc(-c2nc(Br)nc(NC3C4CCC(CC4)C3C(=O)O)c2F)s1. The number of nitrogens with zero attached hydrogens (tertiary/aromatic N) is 3. The summed E-state index contributed by atoms with van der Waals surface area (Å²) in [5.41, 5.74) is 0.0960. The number of rotatable bonds is 4. The molecule has 0 radical (unpaired) electrons. The monoisotopic (exact) mass is 450 g/mol. The third-order valence-corrected chi connectivity index (χ3v) is 6.93. The first-order valence-electron chi connectivity index (χ1n) is 8.70. The fraction of sp³-hybridized carbons (Fsp3) is 0.444. The zero-order chi connectivity index (χ0) is 19.1. The Balaban J connectivity index is 1.70. The average Bonchev–Trinajstić information content (AvgIpc) is 3.14. The van der Waals surface area contributed by atoms with Crippen molar-refractivity contribution >= 4 is 39.1 Å². The predicted molar refractivity (Wildman–Crippen MR) is 102 cm³/mol. The highest BCUT2D eigenvalue weighted by Crippen LogP contribution is 2.46. The number of anilines is 1. The highest BCUT2D eigenvalue weighted by molar-refractivity contribution is 9.10. The number of aromatic nitrogens is 2. The Hall–Kier alpha value is -2.05. The van der Waals surface area contributed by atoms with Crippen molar-refractivity contribution in [2.24, 2.45) is 17.8 Å². The molecule has 2 N–H and O–H groups in total. The van der Waals surface area contributed by atoms with Crippen LogP contribution in [0.25, 0.3) is 10.6 Å². The fourth-order valence-electron chi connectivity index (χ4n) is 4.37. The number of aliphatic carboxylic acids is 1. The lowest BCUT2D eigenvalue weighted by atomic mass is 9.61. The Bertz CT molecular complexity index is 936. The van der Waals surface area contributed by atoms with Gasteiger partial charge in [-0.25, -0.2) is 14.4 Å². The molecule has 3 aliphatic carbocycles. The minimum absolute atomic E-state index is 0.00239. The van der Waals surface area contributed by atoms with E-state index in [9.17, 15) is 9.90 Å². The van der Waals surface area contributed by atoms with E-state index in [2.05, 4.69) is 31.2 Å². The maximum absolute atomic E-state index is 15.1. The molecule has 2 bridgehead atoms. The first kappa shape index (κ1) is 18.3. The van der Waals surface area contributed by atoms with Gasteiger partial charge >= 0.3 is 5.97 Å². The highest BCUT2D eigenvalue weighted by Gasteiger charge is 2.47. The number of nitrogens with one attached hydrogen (secondary N) is 1. The Kier molecular flexibility index (Phi) is 4.86. The van der Waals surface area contributed by atoms with E-state index >= 15 is 4.39 Å². The van der Waals surface area contributed by atoms with E-state index in [1.165, 1.54) is 0 Å². The van der Waals surface area contributed by atoms with Gasteiger partial charge < -0.3 is 10.4 Å². The van der Waals surface area contributed by atoms with Crippen molar-refractivity contribution in [1.29, 1.82) is 5.26 Å². The molecule has 2 heterocycles. The molecule has 27 heavy (non-hydrogen) atoms. The zero-order valence-electron chi connectivity index (χ0n) is 14.2. The van der Waals surface area contributed by atoms with E-state index in [1.807, 2.05) is 6.07 Å². The van der Waals surface area contributed by atoms with Gasteiger partial charge in [0.05, 0.1) is 10.8 Å². The summed E-state index contributed by atoms with van der Waals surface area (Å²) in [7, 11) is 0. The molecule has 2 atom stereocenters. The van der Waals surface area contributed by atoms with Gasteiger partial charge in [0.15, 0.2) is 16.4 Å². The Morgan fingerprint density at radius 1 is 1.30 bits per heavy atom. The van der Waals surface area contributed by atoms with Crippen molar-refractivity contribution in [2.75, 3.05) is 5.32 Å². The molecule has 2 unspecified atom stereocenters. The van der Waals surface area contributed by atoms with E-state index in [1.54, 1.807) is 12.1 Å². The van der Waals surface area contributed by atoms with Crippen LogP contribution in [0, 0.1) is 34.9 Å². The van der Waals surface area contributed by atoms with E-state index < -0.39 is 17.7 Å². The van der Waals surface area contributed by atoms with Crippen molar-refractivity contribution in [3.63, 3.8) is 0 Å². The van der Waals surface area contributed by atoms with Gasteiger partial charge in [0, 0.05) is 6.04 Å². The van der Waals surface area contributed by atoms with Gasteiger partial charge in [-0.3, -0.25) is 4.79 Å². The largest absolute Gasteiger partial charge is 0.481 e. The van der Waals surface area contributed by atoms with E-state index in [0.717, 1.165) is 37.0 Å². The number of carboxylic acids is 1. The quantitative estimate of drug-likeness (QED) is 0.674. The van der Waals surface area contributed by atoms with Crippen LogP contribution in [0.2, 0.25) is 0 Å². The van der Waals surface area contributed by atoms with Gasteiger partial charge in [-0.05, 0) is 65.6 Å². The average molecular weight is 451 g/mol. The molecule has 9 heteroatoms. The van der Waals surface area contributed by atoms with Crippen LogP contribution in [0.5, 0.6) is 0 Å². The molecule has 2 aromatic rings. The minimum Gasteiger partial charge on any atom is -0.481 e. The van der Waals surface area contributed by atoms with Gasteiger partial charge in [-0.2, -0.15) is 5.26 Å². The molecule has 3 saturated carbocycles. The highest BCUT2D eigenvalue weighted by atomic mass is 79.9. The first-order valence-corrected chi connectivity index (χ1v) is 10.3. The second-order valence-electron chi connectivity index (χ2n) is 6.99. The third-order valence-electron chi connectivity index (χ3n) is 5.58. The van der Waals surface area contributed by atoms with Crippen molar-refractivity contribution in [3.05, 3.63) is 27.6 Å². The molecule has 140 valence electrons. The van der Waals surface area contributed by atoms with Gasteiger partial charge in [0.25, 0.3) is 0 Å². The summed E-state index contributed by atoms with van der Waals surface area (Å²) in [6, 6.07) is 4.94. The van der Waals surface area contributed by atoms with Gasteiger partial charge in [-0.1, -0.05) is 0 Å². The summed E-state index contributed by atoms with van der Waals surface area (Å²) < 4.78 is 15.4. The Morgan fingerprint density at radius 2 is 2.00 bits per heavy atom. The van der Waals surface area contributed by atoms with Crippen LogP contribution in [0.4, 0.5) is 10.2 Å². The Labute approximate surface area is 167 Å². The molecule has 0 aliphatic heterocycles. The van der Waals surface area contributed by atoms with Crippen LogP contribution in [-0.4, -0.2) is 27.1 Å². The van der Waals surface area contributed by atoms with Crippen molar-refractivity contribution in [3.8, 4) is 16.6 Å². The lowest BCUT2D eigenvalue weighted by molar-refractivity contribution is -0.148. The molecule has 0 amide bonds. The molecule has 3 aliphatic rings. The van der Waals surface area contributed by atoms with Gasteiger partial charge in [-0.15, -0.1) is 11.3 Å². The van der Waals surface area contributed by atoms with Gasteiger partial charge in [0.2, 0.25) is 0 Å². The van der Waals surface area contributed by atoms with Crippen LogP contribution in [0.3, 0.4) is 0 Å². The van der Waals surface area contributed by atoms with Crippen LogP contribution < -0.4 is 5.32 Å². The molecule has 5 rings (SSSR count). The number of carbonyl (C=O) groups is 1. The van der Waals surface area contributed by atoms with Crippen LogP contribution in [0.1, 0.15) is 30.6 Å². The standard InChI is InChI=1S/C18H16BrFN4O2S/c19-18-23-15(11-6-5-10(7-21)27-11)13(20)16(24-18)22-14-9-3-1-8(2-4-9)12(14)17(25)26/h5-6,8-9,12,14H,1-4H2,(H,25,26)(H,22,23,24). The summed E-state index contributed by atoms with van der Waals surface area (Å²) in [4.78, 5) is 21.0. The van der Waals surface area contributed by atoms with E-state index in [0.29, 0.717) is 9.75 Å². The van der Waals surface area contributed by atoms with E-state index in [4.69, 9.17) is 5.26 Å². The maximum atomic E-state index is 15.1. The number of nitriles is 1. The second kappa shape index (κ2) is 7.17. The smallest absolute Gasteiger partial charge is 0.308 e. The molecule has 0 saturated heterocycles. The van der Waals surface area contributed by atoms with Gasteiger partial charge in [0.1, 0.15) is 16.6 Å². The number of halogens is 2. The van der Waals surface area contributed by atoms with Crippen molar-refractivity contribution < 1.29 is 14.3 Å². The number of hydrogen-bond donors (Lipinski definition) is 2. The zero-order valence-corrected chi connectivity index (χ0v) is 16.6. The fourth-order valence-corrected chi connectivity index (χ4v) is 5.52.